The molecule has 0 bridgehead atoms. The molecule has 0 N–H and O–H groups in total. The van der Waals surface area contributed by atoms with Gasteiger partial charge in [0.1, 0.15) is 5.75 Å². The number of benzene rings is 3. The maximum absolute atomic E-state index is 13.5. The molecule has 0 aliphatic carbocycles. The molecule has 2 amide bonds. The highest BCUT2D eigenvalue weighted by Crippen LogP contribution is 2.42. The summed E-state index contributed by atoms with van der Waals surface area (Å²) in [5, 5.41) is 10.3. The Balaban J connectivity index is 1.68. The van der Waals surface area contributed by atoms with E-state index in [0.717, 1.165) is 29.8 Å². The molecule has 37 heavy (non-hydrogen) atoms. The molecule has 1 aliphatic rings. The molecule has 0 aromatic heterocycles. The van der Waals surface area contributed by atoms with E-state index in [-0.39, 0.29) is 0 Å². The van der Waals surface area contributed by atoms with Gasteiger partial charge in [0.2, 0.25) is 5.91 Å². The Hall–Kier alpha value is -3.95. The Kier molecular flexibility index (Phi) is 7.75. The summed E-state index contributed by atoms with van der Waals surface area (Å²) in [5.74, 6) is -0.218. The van der Waals surface area contributed by atoms with E-state index in [0.29, 0.717) is 35.9 Å². The Labute approximate surface area is 219 Å². The number of nitrogens with zero attached hydrogens (tertiary/aromatic N) is 3. The highest BCUT2D eigenvalue weighted by molar-refractivity contribution is 6.20. The number of amides is 2. The SMILES string of the molecule is COc1ccc(N(C(C)=O)C(=O)c2ccc(-c3ccccc3)cc2)cc1C1(C#N)CCN(C(C)C)CC1. The van der Waals surface area contributed by atoms with Gasteiger partial charge in [-0.3, -0.25) is 9.59 Å². The van der Waals surface area contributed by atoms with Gasteiger partial charge in [-0.2, -0.15) is 5.26 Å². The lowest BCUT2D eigenvalue weighted by atomic mass is 9.73. The zero-order chi connectivity index (χ0) is 26.6. The number of likely N-dealkylation sites (tertiary alicyclic amines) is 1. The zero-order valence-electron chi connectivity index (χ0n) is 21.9. The molecule has 0 unspecified atom stereocenters. The van der Waals surface area contributed by atoms with Crippen molar-refractivity contribution in [1.82, 2.24) is 4.90 Å². The average Bonchev–Trinajstić information content (AvgIpc) is 2.93. The first-order valence-electron chi connectivity index (χ1n) is 12.6. The van der Waals surface area contributed by atoms with Gasteiger partial charge >= 0.3 is 0 Å². The molecule has 6 heteroatoms. The molecule has 190 valence electrons. The molecule has 4 rings (SSSR count). The fourth-order valence-corrected chi connectivity index (χ4v) is 5.08. The summed E-state index contributed by atoms with van der Waals surface area (Å²) >= 11 is 0. The third-order valence-electron chi connectivity index (χ3n) is 7.31. The Morgan fingerprint density at radius 1 is 0.973 bits per heavy atom. The fraction of sp³-hybridized carbons (Fsp3) is 0.323. The standard InChI is InChI=1S/C31H33N3O3/c1-22(2)33-18-16-31(21-32,17-19-33)28-20-27(14-15-29(28)37-4)34(23(3)35)30(36)26-12-10-25(11-13-26)24-8-6-5-7-9-24/h5-15,20,22H,16-19H2,1-4H3. The zero-order valence-corrected chi connectivity index (χ0v) is 21.9. The molecule has 3 aromatic carbocycles. The van der Waals surface area contributed by atoms with Crippen LogP contribution in [0.4, 0.5) is 5.69 Å². The summed E-state index contributed by atoms with van der Waals surface area (Å²) in [6, 6.07) is 25.3. The largest absolute Gasteiger partial charge is 0.496 e. The van der Waals surface area contributed by atoms with Crippen LogP contribution in [0, 0.1) is 11.3 Å². The van der Waals surface area contributed by atoms with E-state index >= 15 is 0 Å². The molecule has 6 nitrogen and oxygen atoms in total. The second kappa shape index (κ2) is 11.0. The van der Waals surface area contributed by atoms with Crippen molar-refractivity contribution >= 4 is 17.5 Å². The third kappa shape index (κ3) is 5.28. The summed E-state index contributed by atoms with van der Waals surface area (Å²) in [4.78, 5) is 29.8. The van der Waals surface area contributed by atoms with Crippen LogP contribution in [0.1, 0.15) is 49.5 Å². The quantitative estimate of drug-likeness (QED) is 0.431. The van der Waals surface area contributed by atoms with Crippen LogP contribution in [-0.4, -0.2) is 43.0 Å². The number of nitriles is 1. The van der Waals surface area contributed by atoms with Crippen molar-refractivity contribution in [1.29, 1.82) is 5.26 Å². The summed E-state index contributed by atoms with van der Waals surface area (Å²) in [7, 11) is 1.58. The van der Waals surface area contributed by atoms with Gasteiger partial charge in [0.25, 0.3) is 5.91 Å². The van der Waals surface area contributed by atoms with Crippen LogP contribution in [0.3, 0.4) is 0 Å². The monoisotopic (exact) mass is 495 g/mol. The second-order valence-corrected chi connectivity index (χ2v) is 9.81. The topological polar surface area (TPSA) is 73.6 Å². The minimum absolute atomic E-state index is 0.395. The molecular formula is C31H33N3O3. The van der Waals surface area contributed by atoms with Gasteiger partial charge in [0.15, 0.2) is 0 Å². The van der Waals surface area contributed by atoms with Crippen molar-refractivity contribution in [2.75, 3.05) is 25.1 Å². The van der Waals surface area contributed by atoms with Gasteiger partial charge in [-0.15, -0.1) is 0 Å². The van der Waals surface area contributed by atoms with E-state index < -0.39 is 17.2 Å². The van der Waals surface area contributed by atoms with Gasteiger partial charge in [-0.1, -0.05) is 42.5 Å². The van der Waals surface area contributed by atoms with Crippen LogP contribution < -0.4 is 9.64 Å². The van der Waals surface area contributed by atoms with Crippen LogP contribution in [0.25, 0.3) is 11.1 Å². The van der Waals surface area contributed by atoms with E-state index in [4.69, 9.17) is 4.74 Å². The smallest absolute Gasteiger partial charge is 0.265 e. The van der Waals surface area contributed by atoms with Crippen molar-refractivity contribution in [3.63, 3.8) is 0 Å². The minimum atomic E-state index is -0.754. The van der Waals surface area contributed by atoms with Gasteiger partial charge in [0, 0.05) is 37.2 Å². The highest BCUT2D eigenvalue weighted by Gasteiger charge is 2.40. The van der Waals surface area contributed by atoms with Gasteiger partial charge in [-0.05, 0) is 68.1 Å². The van der Waals surface area contributed by atoms with Gasteiger partial charge in [0.05, 0.1) is 24.3 Å². The molecule has 0 saturated carbocycles. The molecule has 3 aromatic rings. The van der Waals surface area contributed by atoms with E-state index in [2.05, 4.69) is 24.8 Å². The number of carbonyl (C=O) groups is 2. The number of ether oxygens (including phenoxy) is 1. The van der Waals surface area contributed by atoms with Crippen LogP contribution in [0.2, 0.25) is 0 Å². The average molecular weight is 496 g/mol. The predicted octanol–water partition coefficient (Wildman–Crippen LogP) is 5.82. The first kappa shape index (κ1) is 26.1. The normalized spacial score (nSPS) is 15.1. The number of methoxy groups -OCH3 is 1. The van der Waals surface area contributed by atoms with E-state index in [1.807, 2.05) is 42.5 Å². The lowest BCUT2D eigenvalue weighted by molar-refractivity contribution is -0.115. The number of piperidine rings is 1. The predicted molar refractivity (Wildman–Crippen MR) is 146 cm³/mol. The first-order chi connectivity index (χ1) is 17.8. The summed E-state index contributed by atoms with van der Waals surface area (Å²) in [6.07, 6.45) is 1.30. The van der Waals surface area contributed by atoms with E-state index in [1.54, 1.807) is 37.4 Å². The van der Waals surface area contributed by atoms with Crippen molar-refractivity contribution in [3.8, 4) is 22.9 Å². The first-order valence-corrected chi connectivity index (χ1v) is 12.6. The number of anilines is 1. The van der Waals surface area contributed by atoms with Crippen LogP contribution in [0.15, 0.2) is 72.8 Å². The second-order valence-electron chi connectivity index (χ2n) is 9.81. The lowest BCUT2D eigenvalue weighted by Crippen LogP contribution is -2.45. The molecule has 0 atom stereocenters. The van der Waals surface area contributed by atoms with Gasteiger partial charge in [-0.25, -0.2) is 4.90 Å². The van der Waals surface area contributed by atoms with Crippen molar-refractivity contribution < 1.29 is 14.3 Å². The molecular weight excluding hydrogens is 462 g/mol. The molecule has 1 fully saturated rings. The number of hydrogen-bond donors (Lipinski definition) is 0. The minimum Gasteiger partial charge on any atom is -0.496 e. The van der Waals surface area contributed by atoms with Crippen LogP contribution in [-0.2, 0) is 10.2 Å². The number of hydrogen-bond acceptors (Lipinski definition) is 5. The molecule has 0 radical (unpaired) electrons. The maximum atomic E-state index is 13.5. The Bertz CT molecular complexity index is 1300. The van der Waals surface area contributed by atoms with Crippen molar-refractivity contribution in [2.24, 2.45) is 0 Å². The molecule has 1 heterocycles. The van der Waals surface area contributed by atoms with E-state index in [9.17, 15) is 14.9 Å². The highest BCUT2D eigenvalue weighted by atomic mass is 16.5. The molecule has 1 saturated heterocycles. The van der Waals surface area contributed by atoms with E-state index in [1.165, 1.54) is 11.8 Å². The van der Waals surface area contributed by atoms with Crippen molar-refractivity contribution in [3.05, 3.63) is 83.9 Å². The third-order valence-corrected chi connectivity index (χ3v) is 7.31. The van der Waals surface area contributed by atoms with Crippen molar-refractivity contribution in [2.45, 2.75) is 45.1 Å². The van der Waals surface area contributed by atoms with Gasteiger partial charge < -0.3 is 9.64 Å². The Morgan fingerprint density at radius 2 is 1.59 bits per heavy atom. The maximum Gasteiger partial charge on any atom is 0.265 e. The van der Waals surface area contributed by atoms with Crippen LogP contribution >= 0.6 is 0 Å². The summed E-state index contributed by atoms with van der Waals surface area (Å²) in [6.45, 7) is 7.28. The lowest BCUT2D eigenvalue weighted by Gasteiger charge is -2.40. The number of rotatable bonds is 6. The number of carbonyl (C=O) groups excluding carboxylic acids is 2. The molecule has 1 aliphatic heterocycles. The Morgan fingerprint density at radius 3 is 2.14 bits per heavy atom. The summed E-state index contributed by atoms with van der Waals surface area (Å²) in [5.41, 5.74) is 2.85. The molecule has 0 spiro atoms. The summed E-state index contributed by atoms with van der Waals surface area (Å²) < 4.78 is 5.64. The van der Waals surface area contributed by atoms with Crippen LogP contribution in [0.5, 0.6) is 5.75 Å². The fourth-order valence-electron chi connectivity index (χ4n) is 5.08. The number of imide groups is 1.